The van der Waals surface area contributed by atoms with Crippen LogP contribution >= 0.6 is 7.82 Å². The van der Waals surface area contributed by atoms with E-state index in [4.69, 9.17) is 23.0 Å². The van der Waals surface area contributed by atoms with E-state index in [2.05, 4.69) is 0 Å². The number of hydrogen-bond donors (Lipinski definition) is 0. The van der Waals surface area contributed by atoms with Gasteiger partial charge in [0.05, 0.1) is 18.4 Å². The van der Waals surface area contributed by atoms with Crippen molar-refractivity contribution in [2.24, 2.45) is 17.3 Å². The molecule has 142 valence electrons. The van der Waals surface area contributed by atoms with E-state index in [9.17, 15) is 14.2 Å². The Morgan fingerprint density at radius 3 is 1.50 bits per heavy atom. The molecule has 0 aromatic carbocycles. The zero-order valence-corrected chi connectivity index (χ0v) is 16.4. The van der Waals surface area contributed by atoms with Gasteiger partial charge in [-0.2, -0.15) is 0 Å². The maximum absolute atomic E-state index is 12.5. The minimum absolute atomic E-state index is 0.0700. The minimum Gasteiger partial charge on any atom is -0.438 e. The van der Waals surface area contributed by atoms with E-state index in [1.54, 1.807) is 27.7 Å². The SMILES string of the molecule is CC(C)C(=O)OCOP(=O)(OCOC(=O)C(C)C)OCC(C)(C)C. The standard InChI is InChI=1S/C15H29O8P/c1-11(2)13(16)19-9-22-24(18,21-8-15(5,6)7)23-10-20-14(17)12(3)4/h11-12H,8-10H2,1-7H3. The summed E-state index contributed by atoms with van der Waals surface area (Å²) in [5.74, 6) is -1.72. The molecule has 0 saturated carbocycles. The maximum Gasteiger partial charge on any atom is 0.480 e. The normalized spacial score (nSPS) is 12.5. The highest BCUT2D eigenvalue weighted by Crippen LogP contribution is 2.50. The third kappa shape index (κ3) is 10.8. The number of phosphoric ester groups is 1. The van der Waals surface area contributed by atoms with Crippen molar-refractivity contribution in [3.05, 3.63) is 0 Å². The molecular weight excluding hydrogens is 339 g/mol. The van der Waals surface area contributed by atoms with E-state index < -0.39 is 33.3 Å². The first kappa shape index (κ1) is 23.1. The quantitative estimate of drug-likeness (QED) is 0.328. The fraction of sp³-hybridized carbons (Fsp3) is 0.867. The lowest BCUT2D eigenvalue weighted by molar-refractivity contribution is -0.157. The number of rotatable bonds is 10. The molecule has 0 aromatic heterocycles. The van der Waals surface area contributed by atoms with Gasteiger partial charge in [-0.15, -0.1) is 0 Å². The summed E-state index contributed by atoms with van der Waals surface area (Å²) in [6.07, 6.45) is 0. The molecule has 0 radical (unpaired) electrons. The minimum atomic E-state index is -4.04. The number of esters is 2. The lowest BCUT2D eigenvalue weighted by Crippen LogP contribution is -2.19. The molecule has 0 unspecified atom stereocenters. The van der Waals surface area contributed by atoms with Gasteiger partial charge in [-0.3, -0.25) is 14.1 Å². The smallest absolute Gasteiger partial charge is 0.438 e. The topological polar surface area (TPSA) is 97.4 Å². The highest BCUT2D eigenvalue weighted by Gasteiger charge is 2.31. The van der Waals surface area contributed by atoms with E-state index >= 15 is 0 Å². The Morgan fingerprint density at radius 1 is 0.833 bits per heavy atom. The van der Waals surface area contributed by atoms with Crippen molar-refractivity contribution in [2.75, 3.05) is 20.2 Å². The van der Waals surface area contributed by atoms with E-state index in [1.165, 1.54) is 0 Å². The van der Waals surface area contributed by atoms with Crippen LogP contribution in [0.25, 0.3) is 0 Å². The Hall–Kier alpha value is -0.950. The molecule has 0 amide bonds. The molecule has 8 nitrogen and oxygen atoms in total. The molecule has 24 heavy (non-hydrogen) atoms. The maximum atomic E-state index is 12.5. The average molecular weight is 368 g/mol. The molecule has 0 spiro atoms. The van der Waals surface area contributed by atoms with Gasteiger partial charge in [0, 0.05) is 0 Å². The Labute approximate surface area is 143 Å². The van der Waals surface area contributed by atoms with Gasteiger partial charge < -0.3 is 9.47 Å². The van der Waals surface area contributed by atoms with E-state index in [0.717, 1.165) is 0 Å². The van der Waals surface area contributed by atoms with Crippen LogP contribution in [-0.4, -0.2) is 32.1 Å². The van der Waals surface area contributed by atoms with Crippen molar-refractivity contribution in [1.29, 1.82) is 0 Å². The largest absolute Gasteiger partial charge is 0.480 e. The molecule has 9 heteroatoms. The molecular formula is C15H29O8P. The summed E-state index contributed by atoms with van der Waals surface area (Å²) in [7, 11) is -4.04. The Kier molecular flexibility index (Phi) is 9.73. The summed E-state index contributed by atoms with van der Waals surface area (Å²) < 4.78 is 37.2. The number of ether oxygens (including phenoxy) is 2. The Morgan fingerprint density at radius 2 is 1.21 bits per heavy atom. The Balaban J connectivity index is 4.61. The van der Waals surface area contributed by atoms with Crippen molar-refractivity contribution in [3.63, 3.8) is 0 Å². The molecule has 0 bridgehead atoms. The van der Waals surface area contributed by atoms with Crippen LogP contribution in [0, 0.1) is 17.3 Å². The van der Waals surface area contributed by atoms with Gasteiger partial charge in [0.1, 0.15) is 0 Å². The summed E-state index contributed by atoms with van der Waals surface area (Å²) in [6, 6.07) is 0. The molecule has 0 saturated heterocycles. The van der Waals surface area contributed by atoms with Crippen molar-refractivity contribution in [1.82, 2.24) is 0 Å². The van der Waals surface area contributed by atoms with Crippen LogP contribution in [0.4, 0.5) is 0 Å². The zero-order valence-electron chi connectivity index (χ0n) is 15.5. The summed E-state index contributed by atoms with van der Waals surface area (Å²) in [4.78, 5) is 22.8. The molecule has 0 atom stereocenters. The van der Waals surface area contributed by atoms with Crippen LogP contribution in [0.1, 0.15) is 48.5 Å². The third-order valence-corrected chi connectivity index (χ3v) is 3.71. The first-order valence-electron chi connectivity index (χ1n) is 7.73. The highest BCUT2D eigenvalue weighted by atomic mass is 31.2. The zero-order chi connectivity index (χ0) is 19.0. The van der Waals surface area contributed by atoms with Gasteiger partial charge in [0.2, 0.25) is 13.6 Å². The van der Waals surface area contributed by atoms with E-state index in [-0.39, 0.29) is 23.9 Å². The number of carbonyl (C=O) groups is 2. The van der Waals surface area contributed by atoms with Crippen molar-refractivity contribution in [3.8, 4) is 0 Å². The first-order chi connectivity index (χ1) is 10.9. The predicted octanol–water partition coefficient (Wildman–Crippen LogP) is 3.50. The second-order valence-corrected chi connectivity index (χ2v) is 8.68. The average Bonchev–Trinajstić information content (AvgIpc) is 2.44. The lowest BCUT2D eigenvalue weighted by Gasteiger charge is -2.23. The molecule has 0 aliphatic carbocycles. The van der Waals surface area contributed by atoms with Crippen molar-refractivity contribution < 1.29 is 37.2 Å². The highest BCUT2D eigenvalue weighted by molar-refractivity contribution is 7.48. The fourth-order valence-electron chi connectivity index (χ4n) is 1.02. The summed E-state index contributed by atoms with van der Waals surface area (Å²) in [5, 5.41) is 0. The van der Waals surface area contributed by atoms with Crippen molar-refractivity contribution >= 4 is 19.8 Å². The van der Waals surface area contributed by atoms with Gasteiger partial charge in [-0.1, -0.05) is 48.5 Å². The molecule has 0 heterocycles. The van der Waals surface area contributed by atoms with Gasteiger partial charge in [0.15, 0.2) is 0 Å². The first-order valence-corrected chi connectivity index (χ1v) is 9.19. The van der Waals surface area contributed by atoms with Crippen LogP contribution in [0.2, 0.25) is 0 Å². The van der Waals surface area contributed by atoms with E-state index in [0.29, 0.717) is 0 Å². The molecule has 0 rings (SSSR count). The summed E-state index contributed by atoms with van der Waals surface area (Å²) >= 11 is 0. The monoisotopic (exact) mass is 368 g/mol. The molecule has 0 fully saturated rings. The lowest BCUT2D eigenvalue weighted by atomic mass is 9.99. The third-order valence-electron chi connectivity index (χ3n) is 2.42. The van der Waals surface area contributed by atoms with Gasteiger partial charge >= 0.3 is 19.8 Å². The summed E-state index contributed by atoms with van der Waals surface area (Å²) in [5.41, 5.74) is -0.300. The van der Waals surface area contributed by atoms with Crippen LogP contribution in [-0.2, 0) is 37.2 Å². The second kappa shape index (κ2) is 10.1. The second-order valence-electron chi connectivity index (χ2n) is 7.01. The number of hydrogen-bond acceptors (Lipinski definition) is 8. The van der Waals surface area contributed by atoms with Crippen LogP contribution in [0.15, 0.2) is 0 Å². The molecule has 0 aliphatic rings. The molecule has 0 aliphatic heterocycles. The Bertz CT molecular complexity index is 423. The predicted molar refractivity (Wildman–Crippen MR) is 86.8 cm³/mol. The van der Waals surface area contributed by atoms with Gasteiger partial charge in [-0.25, -0.2) is 13.6 Å². The molecule has 0 N–H and O–H groups in total. The number of phosphoric acid groups is 1. The van der Waals surface area contributed by atoms with Crippen LogP contribution < -0.4 is 0 Å². The van der Waals surface area contributed by atoms with Gasteiger partial charge in [0.25, 0.3) is 0 Å². The van der Waals surface area contributed by atoms with Crippen molar-refractivity contribution in [2.45, 2.75) is 48.5 Å². The van der Waals surface area contributed by atoms with Gasteiger partial charge in [-0.05, 0) is 5.41 Å². The fourth-order valence-corrected chi connectivity index (χ4v) is 2.15. The van der Waals surface area contributed by atoms with E-state index in [1.807, 2.05) is 20.8 Å². The number of carbonyl (C=O) groups excluding carboxylic acids is 2. The van der Waals surface area contributed by atoms with Crippen LogP contribution in [0.3, 0.4) is 0 Å². The molecule has 0 aromatic rings. The van der Waals surface area contributed by atoms with Crippen LogP contribution in [0.5, 0.6) is 0 Å². The summed E-state index contributed by atoms with van der Waals surface area (Å²) in [6.45, 7) is 11.1.